The van der Waals surface area contributed by atoms with Crippen LogP contribution in [0.3, 0.4) is 0 Å². The second-order valence-electron chi connectivity index (χ2n) is 7.66. The highest BCUT2D eigenvalue weighted by atomic mass is 35.5. The van der Waals surface area contributed by atoms with Crippen LogP contribution in [-0.4, -0.2) is 72.8 Å². The highest BCUT2D eigenvalue weighted by molar-refractivity contribution is 6.30. The first kappa shape index (κ1) is 20.4. The third kappa shape index (κ3) is 6.07. The van der Waals surface area contributed by atoms with Gasteiger partial charge in [0.25, 0.3) is 0 Å². The van der Waals surface area contributed by atoms with E-state index >= 15 is 0 Å². The van der Waals surface area contributed by atoms with Gasteiger partial charge in [0.15, 0.2) is 0 Å². The average Bonchev–Trinajstić information content (AvgIpc) is 2.78. The quantitative estimate of drug-likeness (QED) is 0.768. The number of nitrogens with one attached hydrogen (secondary N) is 1. The minimum atomic E-state index is 0.0241. The number of ether oxygens (including phenoxy) is 1. The molecule has 0 aromatic heterocycles. The van der Waals surface area contributed by atoms with Crippen LogP contribution in [0, 0.1) is 5.92 Å². The molecule has 1 atom stereocenters. The maximum absolute atomic E-state index is 12.5. The molecule has 7 heteroatoms. The van der Waals surface area contributed by atoms with Crippen molar-refractivity contribution in [3.63, 3.8) is 0 Å². The van der Waals surface area contributed by atoms with Crippen molar-refractivity contribution in [3.05, 3.63) is 28.8 Å². The van der Waals surface area contributed by atoms with Crippen molar-refractivity contribution in [2.45, 2.75) is 32.4 Å². The molecule has 6 nitrogen and oxygen atoms in total. The monoisotopic (exact) mass is 395 g/mol. The van der Waals surface area contributed by atoms with E-state index in [1.54, 1.807) is 0 Å². The van der Waals surface area contributed by atoms with Crippen molar-refractivity contribution in [3.8, 4) is 5.75 Å². The molecular formula is C20H30ClN3O3. The van der Waals surface area contributed by atoms with E-state index in [-0.39, 0.29) is 18.6 Å². The molecule has 1 aromatic carbocycles. The number of aliphatic hydroxyl groups excluding tert-OH is 1. The fraction of sp³-hybridized carbons (Fsp3) is 0.650. The molecule has 1 amide bonds. The number of aliphatic hydroxyl groups is 1. The van der Waals surface area contributed by atoms with E-state index in [0.29, 0.717) is 30.6 Å². The summed E-state index contributed by atoms with van der Waals surface area (Å²) >= 11 is 6.11. The van der Waals surface area contributed by atoms with Gasteiger partial charge in [0.2, 0.25) is 5.91 Å². The van der Waals surface area contributed by atoms with Gasteiger partial charge in [-0.15, -0.1) is 0 Å². The van der Waals surface area contributed by atoms with E-state index in [1.165, 1.54) is 0 Å². The second kappa shape index (κ2) is 9.73. The van der Waals surface area contributed by atoms with Crippen LogP contribution in [0.2, 0.25) is 5.02 Å². The van der Waals surface area contributed by atoms with Gasteiger partial charge in [0, 0.05) is 36.8 Å². The minimum Gasteiger partial charge on any atom is -0.489 e. The van der Waals surface area contributed by atoms with Crippen molar-refractivity contribution in [1.29, 1.82) is 0 Å². The molecule has 150 valence electrons. The summed E-state index contributed by atoms with van der Waals surface area (Å²) in [6.45, 7) is 7.45. The first-order valence-electron chi connectivity index (χ1n) is 9.81. The molecule has 2 aliphatic heterocycles. The van der Waals surface area contributed by atoms with Crippen LogP contribution in [0.5, 0.6) is 5.75 Å². The lowest BCUT2D eigenvalue weighted by Gasteiger charge is -2.31. The van der Waals surface area contributed by atoms with Crippen LogP contribution in [0.4, 0.5) is 0 Å². The molecule has 0 saturated carbocycles. The Hall–Kier alpha value is -1.34. The van der Waals surface area contributed by atoms with Crippen LogP contribution >= 0.6 is 11.6 Å². The SMILES string of the molecule is CC1CN(CC(=O)NCC2CCN(CCO)CC2)Cc2cc(Cl)ccc2O1. The van der Waals surface area contributed by atoms with Gasteiger partial charge in [0.1, 0.15) is 11.9 Å². The van der Waals surface area contributed by atoms with Gasteiger partial charge in [-0.05, 0) is 57.0 Å². The fourth-order valence-corrected chi connectivity index (χ4v) is 4.10. The highest BCUT2D eigenvalue weighted by Crippen LogP contribution is 2.27. The third-order valence-corrected chi connectivity index (χ3v) is 5.57. The number of rotatable bonds is 6. The Balaban J connectivity index is 1.46. The van der Waals surface area contributed by atoms with E-state index in [4.69, 9.17) is 21.4 Å². The summed E-state index contributed by atoms with van der Waals surface area (Å²) in [5.74, 6) is 1.43. The lowest BCUT2D eigenvalue weighted by molar-refractivity contribution is -0.122. The van der Waals surface area contributed by atoms with E-state index in [1.807, 2.05) is 25.1 Å². The molecule has 1 saturated heterocycles. The van der Waals surface area contributed by atoms with Crippen molar-refractivity contribution in [2.75, 3.05) is 45.9 Å². The molecule has 1 aromatic rings. The van der Waals surface area contributed by atoms with Gasteiger partial charge in [-0.1, -0.05) is 11.6 Å². The Bertz CT molecular complexity index is 635. The number of nitrogens with zero attached hydrogens (tertiary/aromatic N) is 2. The Morgan fingerprint density at radius 2 is 2.11 bits per heavy atom. The van der Waals surface area contributed by atoms with Crippen molar-refractivity contribution in [1.82, 2.24) is 15.1 Å². The molecular weight excluding hydrogens is 366 g/mol. The van der Waals surface area contributed by atoms with Gasteiger partial charge < -0.3 is 20.1 Å². The summed E-state index contributed by atoms with van der Waals surface area (Å²) < 4.78 is 5.95. The number of hydrogen-bond donors (Lipinski definition) is 2. The number of likely N-dealkylation sites (tertiary alicyclic amines) is 1. The normalized spacial score (nSPS) is 22.0. The maximum Gasteiger partial charge on any atom is 0.234 e. The lowest BCUT2D eigenvalue weighted by Crippen LogP contribution is -2.43. The summed E-state index contributed by atoms with van der Waals surface area (Å²) in [4.78, 5) is 16.8. The Morgan fingerprint density at radius 3 is 2.85 bits per heavy atom. The van der Waals surface area contributed by atoms with Crippen LogP contribution in [-0.2, 0) is 11.3 Å². The first-order chi connectivity index (χ1) is 13.0. The third-order valence-electron chi connectivity index (χ3n) is 5.34. The summed E-state index contributed by atoms with van der Waals surface area (Å²) in [6.07, 6.45) is 2.16. The zero-order valence-corrected chi connectivity index (χ0v) is 16.7. The van der Waals surface area contributed by atoms with Crippen molar-refractivity contribution < 1.29 is 14.6 Å². The van der Waals surface area contributed by atoms with E-state index in [9.17, 15) is 4.79 Å². The second-order valence-corrected chi connectivity index (χ2v) is 8.10. The minimum absolute atomic E-state index is 0.0241. The zero-order valence-electron chi connectivity index (χ0n) is 16.0. The number of benzene rings is 1. The van der Waals surface area contributed by atoms with Crippen LogP contribution in [0.1, 0.15) is 25.3 Å². The predicted molar refractivity (Wildman–Crippen MR) is 106 cm³/mol. The molecule has 0 spiro atoms. The molecule has 2 N–H and O–H groups in total. The molecule has 1 unspecified atom stereocenters. The molecule has 3 rings (SSSR count). The van der Waals surface area contributed by atoms with Gasteiger partial charge in [0.05, 0.1) is 13.2 Å². The topological polar surface area (TPSA) is 65.0 Å². The largest absolute Gasteiger partial charge is 0.489 e. The number of carbonyl (C=O) groups is 1. The van der Waals surface area contributed by atoms with E-state index < -0.39 is 0 Å². The molecule has 0 bridgehead atoms. The van der Waals surface area contributed by atoms with E-state index in [0.717, 1.165) is 50.3 Å². The van der Waals surface area contributed by atoms with Gasteiger partial charge in [-0.2, -0.15) is 0 Å². The summed E-state index contributed by atoms with van der Waals surface area (Å²) in [5, 5.41) is 12.8. The molecule has 2 heterocycles. The van der Waals surface area contributed by atoms with Crippen LogP contribution in [0.15, 0.2) is 18.2 Å². The number of piperidine rings is 1. The molecule has 2 aliphatic rings. The smallest absolute Gasteiger partial charge is 0.234 e. The van der Waals surface area contributed by atoms with Crippen LogP contribution in [0.25, 0.3) is 0 Å². The zero-order chi connectivity index (χ0) is 19.2. The number of halogens is 1. The fourth-order valence-electron chi connectivity index (χ4n) is 3.90. The lowest BCUT2D eigenvalue weighted by atomic mass is 9.97. The number of hydrogen-bond acceptors (Lipinski definition) is 5. The highest BCUT2D eigenvalue weighted by Gasteiger charge is 2.23. The number of fused-ring (bicyclic) bond motifs is 1. The first-order valence-corrected chi connectivity index (χ1v) is 10.2. The predicted octanol–water partition coefficient (Wildman–Crippen LogP) is 1.74. The van der Waals surface area contributed by atoms with E-state index in [2.05, 4.69) is 15.1 Å². The average molecular weight is 396 g/mol. The molecule has 1 fully saturated rings. The number of β-amino-alcohol motifs (C(OH)–C–C–N with tert-alkyl or cyclic N) is 1. The Kier molecular flexibility index (Phi) is 7.35. The van der Waals surface area contributed by atoms with Crippen LogP contribution < -0.4 is 10.1 Å². The number of amides is 1. The van der Waals surface area contributed by atoms with Gasteiger partial charge >= 0.3 is 0 Å². The molecule has 27 heavy (non-hydrogen) atoms. The summed E-state index contributed by atoms with van der Waals surface area (Å²) in [6, 6.07) is 5.65. The molecule has 0 aliphatic carbocycles. The van der Waals surface area contributed by atoms with Gasteiger partial charge in [-0.3, -0.25) is 9.69 Å². The van der Waals surface area contributed by atoms with Crippen molar-refractivity contribution >= 4 is 17.5 Å². The Morgan fingerprint density at radius 1 is 1.33 bits per heavy atom. The Labute approximate surface area is 166 Å². The molecule has 0 radical (unpaired) electrons. The maximum atomic E-state index is 12.5. The van der Waals surface area contributed by atoms with Crippen molar-refractivity contribution in [2.24, 2.45) is 5.92 Å². The summed E-state index contributed by atoms with van der Waals surface area (Å²) in [5.41, 5.74) is 1.02. The standard InChI is InChI=1S/C20H30ClN3O3/c1-15-12-24(13-17-10-18(21)2-3-19(17)27-15)14-20(26)22-11-16-4-6-23(7-5-16)8-9-25/h2-3,10,15-16,25H,4-9,11-14H2,1H3,(H,22,26). The van der Waals surface area contributed by atoms with Gasteiger partial charge in [-0.25, -0.2) is 0 Å². The number of carbonyl (C=O) groups excluding carboxylic acids is 1. The summed E-state index contributed by atoms with van der Waals surface area (Å²) in [7, 11) is 0.